The first-order valence-corrected chi connectivity index (χ1v) is 14.3. The third-order valence-electron chi connectivity index (χ3n) is 6.90. The topological polar surface area (TPSA) is 109 Å². The molecular formula is C32H35BrN4O4. The van der Waals surface area contributed by atoms with Gasteiger partial charge in [-0.25, -0.2) is 4.99 Å². The molecule has 3 N–H and O–H groups in total. The van der Waals surface area contributed by atoms with Crippen molar-refractivity contribution in [2.24, 2.45) is 4.99 Å². The molecule has 0 radical (unpaired) electrons. The number of unbranched alkanes of at least 4 members (excludes halogenated alkanes) is 1. The Morgan fingerprint density at radius 2 is 1.71 bits per heavy atom. The summed E-state index contributed by atoms with van der Waals surface area (Å²) in [7, 11) is 5.83. The van der Waals surface area contributed by atoms with Gasteiger partial charge in [0, 0.05) is 41.0 Å². The fourth-order valence-corrected chi connectivity index (χ4v) is 5.04. The molecule has 0 bridgehead atoms. The number of carboxylic acids is 1. The molecular weight excluding hydrogens is 584 g/mol. The summed E-state index contributed by atoms with van der Waals surface area (Å²) in [6.45, 7) is 0.956. The average molecular weight is 620 g/mol. The molecule has 0 aliphatic heterocycles. The number of H-pyrrole nitrogens is 1. The van der Waals surface area contributed by atoms with Gasteiger partial charge >= 0.3 is 5.97 Å². The molecule has 0 aliphatic carbocycles. The summed E-state index contributed by atoms with van der Waals surface area (Å²) >= 11 is 3.48. The number of aryl methyl sites for hydroxylation is 1. The molecule has 214 valence electrons. The van der Waals surface area contributed by atoms with Crippen molar-refractivity contribution in [3.8, 4) is 5.88 Å². The molecule has 0 saturated heterocycles. The smallest absolute Gasteiger partial charge is 0.303 e. The Bertz CT molecular complexity index is 1560. The maximum atomic E-state index is 12.7. The third kappa shape index (κ3) is 7.83. The predicted octanol–water partition coefficient (Wildman–Crippen LogP) is 6.52. The Kier molecular flexibility index (Phi) is 9.96. The summed E-state index contributed by atoms with van der Waals surface area (Å²) < 4.78 is 0.874. The lowest BCUT2D eigenvalue weighted by Crippen LogP contribution is -2.26. The molecule has 1 aromatic heterocycles. The number of rotatable bonds is 12. The fraction of sp³-hybridized carbons (Fsp3) is 0.281. The molecule has 1 heterocycles. The second-order valence-electron chi connectivity index (χ2n) is 10.3. The zero-order chi connectivity index (χ0) is 29.5. The van der Waals surface area contributed by atoms with Crippen molar-refractivity contribution in [2.45, 2.75) is 32.1 Å². The number of amides is 1. The zero-order valence-electron chi connectivity index (χ0n) is 23.5. The Hall–Kier alpha value is -3.95. The van der Waals surface area contributed by atoms with E-state index in [2.05, 4.69) is 25.8 Å². The SMILES string of the molecule is CN(C)CCCCC(=O)N(C)c1ccc(N=C(c2cccc(CCC(=O)O)c2)c2c(O)[nH]c3cc(Br)ccc23)cc1. The van der Waals surface area contributed by atoms with Crippen LogP contribution in [0.4, 0.5) is 11.4 Å². The Labute approximate surface area is 248 Å². The van der Waals surface area contributed by atoms with Crippen molar-refractivity contribution in [2.75, 3.05) is 32.6 Å². The minimum Gasteiger partial charge on any atom is -0.494 e. The number of carbonyl (C=O) groups excluding carboxylic acids is 1. The summed E-state index contributed by atoms with van der Waals surface area (Å²) in [4.78, 5) is 35.7. The summed E-state index contributed by atoms with van der Waals surface area (Å²) in [6.07, 6.45) is 2.70. The number of hydrogen-bond acceptors (Lipinski definition) is 5. The molecule has 0 spiro atoms. The van der Waals surface area contributed by atoms with Gasteiger partial charge < -0.3 is 25.0 Å². The van der Waals surface area contributed by atoms with Crippen LogP contribution in [0.1, 0.15) is 42.4 Å². The van der Waals surface area contributed by atoms with E-state index in [-0.39, 0.29) is 18.2 Å². The van der Waals surface area contributed by atoms with Gasteiger partial charge in [-0.1, -0.05) is 40.2 Å². The number of halogens is 1. The van der Waals surface area contributed by atoms with E-state index in [1.165, 1.54) is 0 Å². The maximum Gasteiger partial charge on any atom is 0.303 e. The van der Waals surface area contributed by atoms with Crippen LogP contribution in [0.25, 0.3) is 10.9 Å². The Balaban J connectivity index is 1.68. The highest BCUT2D eigenvalue weighted by atomic mass is 79.9. The number of benzene rings is 3. The molecule has 41 heavy (non-hydrogen) atoms. The standard InChI is InChI=1S/C32H35BrN4O4/c1-36(2)18-5-4-9-28(38)37(3)25-14-12-24(13-15-25)34-31(22-8-6-7-21(19-22)10-17-29(39)40)30-26-16-11-23(33)20-27(26)35-32(30)41/h6-8,11-16,19-20,35,41H,4-5,9-10,17-18H2,1-3H3,(H,39,40). The molecule has 0 atom stereocenters. The van der Waals surface area contributed by atoms with E-state index >= 15 is 0 Å². The van der Waals surface area contributed by atoms with Crippen molar-refractivity contribution < 1.29 is 19.8 Å². The van der Waals surface area contributed by atoms with E-state index < -0.39 is 5.97 Å². The number of aliphatic imine (C=N–C) groups is 1. The number of fused-ring (bicyclic) bond motifs is 1. The number of aromatic hydroxyl groups is 1. The van der Waals surface area contributed by atoms with Gasteiger partial charge in [-0.15, -0.1) is 0 Å². The van der Waals surface area contributed by atoms with E-state index in [1.54, 1.807) is 11.9 Å². The second kappa shape index (κ2) is 13.6. The maximum absolute atomic E-state index is 12.7. The molecule has 1 amide bonds. The van der Waals surface area contributed by atoms with Crippen LogP contribution in [-0.2, 0) is 16.0 Å². The second-order valence-corrected chi connectivity index (χ2v) is 11.2. The first-order chi connectivity index (χ1) is 19.6. The van der Waals surface area contributed by atoms with Gasteiger partial charge in [-0.05, 0) is 87.9 Å². The monoisotopic (exact) mass is 618 g/mol. The van der Waals surface area contributed by atoms with Crippen LogP contribution in [0.2, 0.25) is 0 Å². The average Bonchev–Trinajstić information content (AvgIpc) is 3.27. The molecule has 0 aliphatic rings. The largest absolute Gasteiger partial charge is 0.494 e. The molecule has 4 aromatic rings. The molecule has 8 nitrogen and oxygen atoms in total. The summed E-state index contributed by atoms with van der Waals surface area (Å²) in [5, 5.41) is 21.0. The number of carboxylic acid groups (broad SMARTS) is 1. The van der Waals surface area contributed by atoms with E-state index in [0.29, 0.717) is 29.8 Å². The first kappa shape index (κ1) is 30.0. The molecule has 3 aromatic carbocycles. The van der Waals surface area contributed by atoms with E-state index in [0.717, 1.165) is 51.6 Å². The van der Waals surface area contributed by atoms with Crippen LogP contribution in [0.5, 0.6) is 5.88 Å². The third-order valence-corrected chi connectivity index (χ3v) is 7.40. The quantitative estimate of drug-likeness (QED) is 0.124. The van der Waals surface area contributed by atoms with Crippen LogP contribution in [0, 0.1) is 0 Å². The van der Waals surface area contributed by atoms with Gasteiger partial charge in [0.2, 0.25) is 5.91 Å². The number of aromatic amines is 1. The highest BCUT2D eigenvalue weighted by Gasteiger charge is 2.20. The fourth-order valence-electron chi connectivity index (χ4n) is 4.68. The number of carbonyl (C=O) groups is 2. The minimum absolute atomic E-state index is 0.0102. The highest BCUT2D eigenvalue weighted by molar-refractivity contribution is 9.10. The summed E-state index contributed by atoms with van der Waals surface area (Å²) in [5.41, 5.74) is 4.89. The van der Waals surface area contributed by atoms with Gasteiger partial charge in [0.05, 0.1) is 22.5 Å². The van der Waals surface area contributed by atoms with Crippen LogP contribution < -0.4 is 4.90 Å². The van der Waals surface area contributed by atoms with Crippen LogP contribution >= 0.6 is 15.9 Å². The number of aromatic nitrogens is 1. The van der Waals surface area contributed by atoms with Crippen LogP contribution in [0.15, 0.2) is 76.2 Å². The lowest BCUT2D eigenvalue weighted by atomic mass is 9.98. The van der Waals surface area contributed by atoms with Gasteiger partial charge in [0.25, 0.3) is 0 Å². The van der Waals surface area contributed by atoms with Crippen molar-refractivity contribution >= 4 is 55.8 Å². The van der Waals surface area contributed by atoms with E-state index in [1.807, 2.05) is 80.8 Å². The first-order valence-electron chi connectivity index (χ1n) is 13.5. The minimum atomic E-state index is -0.860. The molecule has 9 heteroatoms. The predicted molar refractivity (Wildman–Crippen MR) is 168 cm³/mol. The van der Waals surface area contributed by atoms with Crippen molar-refractivity contribution in [1.29, 1.82) is 0 Å². The van der Waals surface area contributed by atoms with Gasteiger partial charge in [-0.2, -0.15) is 0 Å². The number of hydrogen-bond donors (Lipinski definition) is 3. The van der Waals surface area contributed by atoms with Crippen molar-refractivity contribution in [3.63, 3.8) is 0 Å². The van der Waals surface area contributed by atoms with Gasteiger partial charge in [-0.3, -0.25) is 9.59 Å². The lowest BCUT2D eigenvalue weighted by molar-refractivity contribution is -0.137. The Morgan fingerprint density at radius 1 is 0.951 bits per heavy atom. The molecule has 4 rings (SSSR count). The Morgan fingerprint density at radius 3 is 2.41 bits per heavy atom. The molecule has 0 unspecified atom stereocenters. The number of anilines is 1. The van der Waals surface area contributed by atoms with Gasteiger partial charge in [0.15, 0.2) is 5.88 Å². The number of nitrogens with one attached hydrogen (secondary N) is 1. The lowest BCUT2D eigenvalue weighted by Gasteiger charge is -2.18. The van der Waals surface area contributed by atoms with Crippen LogP contribution in [-0.4, -0.2) is 65.4 Å². The van der Waals surface area contributed by atoms with Crippen molar-refractivity contribution in [1.82, 2.24) is 9.88 Å². The summed E-state index contributed by atoms with van der Waals surface area (Å²) in [6, 6.07) is 20.7. The normalized spacial score (nSPS) is 11.8. The number of nitrogens with zero attached hydrogens (tertiary/aromatic N) is 3. The zero-order valence-corrected chi connectivity index (χ0v) is 25.1. The molecule has 0 fully saturated rings. The summed E-state index contributed by atoms with van der Waals surface area (Å²) in [5.74, 6) is -0.806. The highest BCUT2D eigenvalue weighted by Crippen LogP contribution is 2.33. The number of aliphatic carboxylic acids is 1. The van der Waals surface area contributed by atoms with Crippen LogP contribution in [0.3, 0.4) is 0 Å². The van der Waals surface area contributed by atoms with E-state index in [9.17, 15) is 14.7 Å². The molecule has 0 saturated carbocycles. The van der Waals surface area contributed by atoms with E-state index in [4.69, 9.17) is 10.1 Å². The van der Waals surface area contributed by atoms with Gasteiger partial charge in [0.1, 0.15) is 0 Å². The van der Waals surface area contributed by atoms with Crippen molar-refractivity contribution in [3.05, 3.63) is 87.9 Å².